The molecule has 1 atom stereocenters. The maximum Gasteiger partial charge on any atom is 0.154 e. The monoisotopic (exact) mass is 313 g/mol. The van der Waals surface area contributed by atoms with E-state index in [0.29, 0.717) is 0 Å². The van der Waals surface area contributed by atoms with E-state index in [4.69, 9.17) is 4.74 Å². The number of benzene rings is 1. The molecule has 0 aliphatic carbocycles. The Morgan fingerprint density at radius 1 is 1.19 bits per heavy atom. The molecule has 1 rings (SSSR count). The molecule has 0 fully saturated rings. The molecule has 5 heteroatoms. The second-order valence-electron chi connectivity index (χ2n) is 5.53. The van der Waals surface area contributed by atoms with Gasteiger partial charge in [-0.05, 0) is 44.0 Å². The van der Waals surface area contributed by atoms with E-state index in [2.05, 4.69) is 24.4 Å². The Labute approximate surface area is 128 Å². The lowest BCUT2D eigenvalue weighted by Gasteiger charge is -2.23. The molecule has 1 N–H and O–H groups in total. The normalized spacial score (nSPS) is 13.4. The lowest BCUT2D eigenvalue weighted by atomic mass is 9.95. The van der Waals surface area contributed by atoms with E-state index in [9.17, 15) is 8.42 Å². The van der Waals surface area contributed by atoms with Gasteiger partial charge in [-0.15, -0.1) is 0 Å². The van der Waals surface area contributed by atoms with Crippen LogP contribution in [0.4, 0.5) is 0 Å². The molecule has 0 heterocycles. The number of hydrogen-bond donors (Lipinski definition) is 1. The van der Waals surface area contributed by atoms with Crippen LogP contribution in [0.15, 0.2) is 12.1 Å². The van der Waals surface area contributed by atoms with Gasteiger partial charge in [0, 0.05) is 13.2 Å². The molecule has 21 heavy (non-hydrogen) atoms. The number of hydrogen-bond acceptors (Lipinski definition) is 4. The fourth-order valence-electron chi connectivity index (χ4n) is 2.78. The summed E-state index contributed by atoms with van der Waals surface area (Å²) in [5.41, 5.74) is 4.58. The summed E-state index contributed by atoms with van der Waals surface area (Å²) in [6.45, 7) is 9.11. The number of sulfone groups is 1. The largest absolute Gasteiger partial charge is 0.384 e. The Kier molecular flexibility index (Phi) is 6.84. The minimum atomic E-state index is -3.14. The molecule has 0 aliphatic heterocycles. The van der Waals surface area contributed by atoms with E-state index in [1.54, 1.807) is 0 Å². The summed E-state index contributed by atoms with van der Waals surface area (Å²) in [4.78, 5) is 0. The SMILES string of the molecule is CCNC(CS(=O)(=O)CCOC)c1c(C)cc(C)cc1C. The Balaban J connectivity index is 3.08. The molecule has 1 unspecified atom stereocenters. The Morgan fingerprint density at radius 2 is 1.76 bits per heavy atom. The molecular weight excluding hydrogens is 286 g/mol. The standard InChI is InChI=1S/C16H27NO3S/c1-6-17-15(11-21(18,19)8-7-20-5)16-13(3)9-12(2)10-14(16)4/h9-10,15,17H,6-8,11H2,1-5H3. The lowest BCUT2D eigenvalue weighted by Crippen LogP contribution is -2.31. The molecule has 0 amide bonds. The molecule has 0 saturated heterocycles. The third-order valence-corrected chi connectivity index (χ3v) is 5.19. The highest BCUT2D eigenvalue weighted by atomic mass is 32.2. The molecule has 120 valence electrons. The Bertz CT molecular complexity index is 544. The topological polar surface area (TPSA) is 55.4 Å². The number of aryl methyl sites for hydroxylation is 3. The van der Waals surface area contributed by atoms with E-state index in [1.165, 1.54) is 12.7 Å². The summed E-state index contributed by atoms with van der Waals surface area (Å²) < 4.78 is 29.3. The fraction of sp³-hybridized carbons (Fsp3) is 0.625. The van der Waals surface area contributed by atoms with Crippen LogP contribution < -0.4 is 5.32 Å². The number of ether oxygens (including phenoxy) is 1. The highest BCUT2D eigenvalue weighted by Gasteiger charge is 2.22. The zero-order valence-corrected chi connectivity index (χ0v) is 14.5. The van der Waals surface area contributed by atoms with Gasteiger partial charge in [0.05, 0.1) is 18.1 Å². The van der Waals surface area contributed by atoms with Crippen LogP contribution in [0.3, 0.4) is 0 Å². The zero-order valence-electron chi connectivity index (χ0n) is 13.7. The van der Waals surface area contributed by atoms with Gasteiger partial charge >= 0.3 is 0 Å². The van der Waals surface area contributed by atoms with Crippen LogP contribution in [-0.2, 0) is 14.6 Å². The second kappa shape index (κ2) is 7.92. The molecular formula is C16H27NO3S. The average molecular weight is 313 g/mol. The van der Waals surface area contributed by atoms with Crippen molar-refractivity contribution < 1.29 is 13.2 Å². The molecule has 0 spiro atoms. The van der Waals surface area contributed by atoms with Gasteiger partial charge in [-0.25, -0.2) is 8.42 Å². The van der Waals surface area contributed by atoms with Gasteiger partial charge in [0.2, 0.25) is 0 Å². The van der Waals surface area contributed by atoms with Gasteiger partial charge in [-0.3, -0.25) is 0 Å². The quantitative estimate of drug-likeness (QED) is 0.800. The minimum absolute atomic E-state index is 0.0648. The number of methoxy groups -OCH3 is 1. The molecule has 4 nitrogen and oxygen atoms in total. The molecule has 0 radical (unpaired) electrons. The first-order valence-electron chi connectivity index (χ1n) is 7.31. The average Bonchev–Trinajstić information content (AvgIpc) is 2.35. The number of rotatable bonds is 8. The Hall–Kier alpha value is -0.910. The summed E-state index contributed by atoms with van der Waals surface area (Å²) in [5.74, 6) is 0.171. The van der Waals surface area contributed by atoms with Crippen molar-refractivity contribution in [3.8, 4) is 0 Å². The van der Waals surface area contributed by atoms with Crippen LogP contribution in [0.1, 0.15) is 35.2 Å². The van der Waals surface area contributed by atoms with Gasteiger partial charge in [0.15, 0.2) is 9.84 Å². The van der Waals surface area contributed by atoms with Crippen molar-refractivity contribution in [2.24, 2.45) is 0 Å². The lowest BCUT2D eigenvalue weighted by molar-refractivity contribution is 0.217. The molecule has 0 saturated carbocycles. The summed E-state index contributed by atoms with van der Waals surface area (Å²) in [6.07, 6.45) is 0. The van der Waals surface area contributed by atoms with Gasteiger partial charge in [-0.2, -0.15) is 0 Å². The van der Waals surface area contributed by atoms with Crippen molar-refractivity contribution >= 4 is 9.84 Å². The van der Waals surface area contributed by atoms with Crippen LogP contribution >= 0.6 is 0 Å². The van der Waals surface area contributed by atoms with Crippen molar-refractivity contribution in [2.75, 3.05) is 31.8 Å². The van der Waals surface area contributed by atoms with Gasteiger partial charge < -0.3 is 10.1 Å². The summed E-state index contributed by atoms with van der Waals surface area (Å²) in [7, 11) is -1.63. The van der Waals surface area contributed by atoms with E-state index in [-0.39, 0.29) is 24.2 Å². The van der Waals surface area contributed by atoms with Crippen molar-refractivity contribution in [1.29, 1.82) is 0 Å². The Morgan fingerprint density at radius 3 is 2.24 bits per heavy atom. The van der Waals surface area contributed by atoms with Crippen LogP contribution in [0.2, 0.25) is 0 Å². The summed E-state index contributed by atoms with van der Waals surface area (Å²) in [6, 6.07) is 4.04. The van der Waals surface area contributed by atoms with Crippen LogP contribution in [0.5, 0.6) is 0 Å². The summed E-state index contributed by atoms with van der Waals surface area (Å²) >= 11 is 0. The van der Waals surface area contributed by atoms with Crippen molar-refractivity contribution in [1.82, 2.24) is 5.32 Å². The highest BCUT2D eigenvalue weighted by Crippen LogP contribution is 2.25. The van der Waals surface area contributed by atoms with Crippen LogP contribution in [0.25, 0.3) is 0 Å². The number of nitrogens with one attached hydrogen (secondary N) is 1. The maximum atomic E-state index is 12.2. The molecule has 1 aromatic carbocycles. The first kappa shape index (κ1) is 18.1. The van der Waals surface area contributed by atoms with Crippen LogP contribution in [-0.4, -0.2) is 40.2 Å². The van der Waals surface area contributed by atoms with Crippen molar-refractivity contribution in [3.63, 3.8) is 0 Å². The fourth-order valence-corrected chi connectivity index (χ4v) is 4.16. The minimum Gasteiger partial charge on any atom is -0.384 e. The summed E-state index contributed by atoms with van der Waals surface area (Å²) in [5, 5.41) is 3.31. The molecule has 1 aromatic rings. The predicted octanol–water partition coefficient (Wildman–Crippen LogP) is 2.32. The first-order chi connectivity index (χ1) is 9.80. The molecule has 0 aromatic heterocycles. The van der Waals surface area contributed by atoms with E-state index >= 15 is 0 Å². The molecule has 0 bridgehead atoms. The maximum absolute atomic E-state index is 12.2. The zero-order chi connectivity index (χ0) is 16.0. The highest BCUT2D eigenvalue weighted by molar-refractivity contribution is 7.91. The van der Waals surface area contributed by atoms with E-state index in [1.807, 2.05) is 20.8 Å². The van der Waals surface area contributed by atoms with Gasteiger partial charge in [-0.1, -0.05) is 24.6 Å². The third-order valence-electron chi connectivity index (χ3n) is 3.56. The third kappa shape index (κ3) is 5.41. The van der Waals surface area contributed by atoms with Crippen molar-refractivity contribution in [2.45, 2.75) is 33.7 Å². The molecule has 0 aliphatic rings. The van der Waals surface area contributed by atoms with E-state index in [0.717, 1.165) is 23.2 Å². The van der Waals surface area contributed by atoms with Crippen molar-refractivity contribution in [3.05, 3.63) is 34.4 Å². The first-order valence-corrected chi connectivity index (χ1v) is 9.13. The smallest absolute Gasteiger partial charge is 0.154 e. The van der Waals surface area contributed by atoms with Gasteiger partial charge in [0.1, 0.15) is 0 Å². The van der Waals surface area contributed by atoms with E-state index < -0.39 is 9.84 Å². The van der Waals surface area contributed by atoms with Crippen LogP contribution in [0, 0.1) is 20.8 Å². The second-order valence-corrected chi connectivity index (χ2v) is 7.76. The van der Waals surface area contributed by atoms with Gasteiger partial charge in [0.25, 0.3) is 0 Å². The predicted molar refractivity (Wildman–Crippen MR) is 87.6 cm³/mol.